The van der Waals surface area contributed by atoms with Crippen molar-refractivity contribution >= 4 is 63.9 Å². The maximum atomic E-state index is 5.62. The van der Waals surface area contributed by atoms with Crippen molar-refractivity contribution in [1.82, 2.24) is 4.98 Å². The summed E-state index contributed by atoms with van der Waals surface area (Å²) in [4.78, 5) is 4.87. The quantitative estimate of drug-likeness (QED) is 0.270. The molecule has 0 N–H and O–H groups in total. The summed E-state index contributed by atoms with van der Waals surface area (Å²) >= 11 is 3.65. The molecular formula is C25H19NOS2. The average Bonchev–Trinajstić information content (AvgIpc) is 3.42. The summed E-state index contributed by atoms with van der Waals surface area (Å²) in [7, 11) is 0. The molecule has 2 aromatic carbocycles. The molecule has 0 atom stereocenters. The lowest BCUT2D eigenvalue weighted by molar-refractivity contribution is 0.597. The third-order valence-corrected chi connectivity index (χ3v) is 7.78. The lowest BCUT2D eigenvalue weighted by Crippen LogP contribution is -2.11. The van der Waals surface area contributed by atoms with Crippen molar-refractivity contribution in [2.75, 3.05) is 0 Å². The topological polar surface area (TPSA) is 26.0 Å². The summed E-state index contributed by atoms with van der Waals surface area (Å²) in [5.41, 5.74) is 4.66. The van der Waals surface area contributed by atoms with E-state index in [1.54, 1.807) is 6.26 Å². The van der Waals surface area contributed by atoms with E-state index in [0.717, 1.165) is 11.3 Å². The Bertz CT molecular complexity index is 1540. The van der Waals surface area contributed by atoms with Crippen molar-refractivity contribution in [2.45, 2.75) is 26.2 Å². The van der Waals surface area contributed by atoms with E-state index in [-0.39, 0.29) is 5.41 Å². The Hall–Kier alpha value is -2.69. The van der Waals surface area contributed by atoms with Crippen LogP contribution in [0, 0.1) is 0 Å². The summed E-state index contributed by atoms with van der Waals surface area (Å²) < 4.78 is 9.54. The highest BCUT2D eigenvalue weighted by atomic mass is 32.1. The van der Waals surface area contributed by atoms with E-state index in [9.17, 15) is 0 Å². The fraction of sp³-hybridized carbons (Fsp3) is 0.160. The van der Waals surface area contributed by atoms with Crippen LogP contribution in [-0.4, -0.2) is 4.98 Å². The number of furan rings is 1. The molecule has 2 nitrogen and oxygen atoms in total. The van der Waals surface area contributed by atoms with Gasteiger partial charge in [0.25, 0.3) is 0 Å². The second-order valence-electron chi connectivity index (χ2n) is 8.52. The van der Waals surface area contributed by atoms with Gasteiger partial charge in [-0.15, -0.1) is 22.7 Å². The first kappa shape index (κ1) is 17.2. The van der Waals surface area contributed by atoms with Crippen LogP contribution < -0.4 is 0 Å². The predicted molar refractivity (Wildman–Crippen MR) is 126 cm³/mol. The molecule has 6 aromatic rings. The standard InChI is InChI=1S/C25H19NOS2/c1-25(2,3)18-13-15(12-14-8-11-28-23(14)18)22-21-17-4-5-19-16(7-10-27-19)24(17)29-20(21)6-9-26-22/h4-13H,1-3H3. The molecular weight excluding hydrogens is 394 g/mol. The van der Waals surface area contributed by atoms with Gasteiger partial charge in [-0.05, 0) is 64.2 Å². The van der Waals surface area contributed by atoms with Crippen LogP contribution in [0.25, 0.3) is 52.5 Å². The minimum absolute atomic E-state index is 0.0761. The van der Waals surface area contributed by atoms with Crippen LogP contribution in [-0.2, 0) is 5.41 Å². The molecule has 4 heterocycles. The third-order valence-electron chi connectivity index (χ3n) is 5.61. The summed E-state index contributed by atoms with van der Waals surface area (Å²) in [6, 6.07) is 15.3. The lowest BCUT2D eigenvalue weighted by atomic mass is 9.85. The van der Waals surface area contributed by atoms with Gasteiger partial charge < -0.3 is 4.42 Å². The Labute approximate surface area is 176 Å². The molecule has 0 amide bonds. The minimum Gasteiger partial charge on any atom is -0.464 e. The molecule has 0 aliphatic carbocycles. The van der Waals surface area contributed by atoms with Crippen molar-refractivity contribution in [3.05, 3.63) is 65.9 Å². The second kappa shape index (κ2) is 5.91. The van der Waals surface area contributed by atoms with E-state index in [1.807, 2.05) is 28.9 Å². The molecule has 0 unspecified atom stereocenters. The normalized spacial score (nSPS) is 12.7. The van der Waals surface area contributed by atoms with Crippen molar-refractivity contribution in [3.63, 3.8) is 0 Å². The van der Waals surface area contributed by atoms with Crippen molar-refractivity contribution in [3.8, 4) is 11.3 Å². The van der Waals surface area contributed by atoms with E-state index in [1.165, 1.54) is 46.8 Å². The third kappa shape index (κ3) is 2.49. The molecule has 0 fully saturated rings. The Morgan fingerprint density at radius 1 is 0.931 bits per heavy atom. The maximum Gasteiger partial charge on any atom is 0.135 e. The molecule has 0 spiro atoms. The number of thiophene rings is 2. The largest absolute Gasteiger partial charge is 0.464 e. The van der Waals surface area contributed by atoms with Crippen LogP contribution in [0.2, 0.25) is 0 Å². The maximum absolute atomic E-state index is 5.62. The second-order valence-corrected chi connectivity index (χ2v) is 10.5. The zero-order valence-electron chi connectivity index (χ0n) is 16.4. The first-order valence-corrected chi connectivity index (χ1v) is 11.4. The zero-order chi connectivity index (χ0) is 19.8. The van der Waals surface area contributed by atoms with Crippen molar-refractivity contribution < 1.29 is 4.42 Å². The lowest BCUT2D eigenvalue weighted by Gasteiger charge is -2.21. The zero-order valence-corrected chi connectivity index (χ0v) is 18.1. The average molecular weight is 414 g/mol. The van der Waals surface area contributed by atoms with Crippen LogP contribution in [0.3, 0.4) is 0 Å². The van der Waals surface area contributed by atoms with E-state index in [4.69, 9.17) is 9.40 Å². The molecule has 29 heavy (non-hydrogen) atoms. The van der Waals surface area contributed by atoms with Gasteiger partial charge in [0.15, 0.2) is 0 Å². The highest BCUT2D eigenvalue weighted by molar-refractivity contribution is 7.26. The number of hydrogen-bond acceptors (Lipinski definition) is 4. The van der Waals surface area contributed by atoms with E-state index >= 15 is 0 Å². The predicted octanol–water partition coefficient (Wildman–Crippen LogP) is 8.37. The monoisotopic (exact) mass is 413 g/mol. The molecule has 4 aromatic heterocycles. The van der Waals surface area contributed by atoms with Gasteiger partial charge in [-0.25, -0.2) is 0 Å². The minimum atomic E-state index is 0.0761. The molecule has 0 saturated carbocycles. The summed E-state index contributed by atoms with van der Waals surface area (Å²) in [6.07, 6.45) is 3.71. The van der Waals surface area contributed by atoms with E-state index in [0.29, 0.717) is 0 Å². The van der Waals surface area contributed by atoms with Crippen LogP contribution in [0.5, 0.6) is 0 Å². The number of aromatic nitrogens is 1. The fourth-order valence-corrected chi connectivity index (χ4v) is 6.54. The Morgan fingerprint density at radius 2 is 1.83 bits per heavy atom. The summed E-state index contributed by atoms with van der Waals surface area (Å²) in [5.74, 6) is 0. The molecule has 0 radical (unpaired) electrons. The molecule has 0 aliphatic rings. The van der Waals surface area contributed by atoms with Gasteiger partial charge in [0.2, 0.25) is 0 Å². The van der Waals surface area contributed by atoms with Gasteiger partial charge in [0.05, 0.1) is 12.0 Å². The highest BCUT2D eigenvalue weighted by Gasteiger charge is 2.21. The van der Waals surface area contributed by atoms with E-state index < -0.39 is 0 Å². The molecule has 0 saturated heterocycles. The van der Waals surface area contributed by atoms with Crippen LogP contribution in [0.15, 0.2) is 64.7 Å². The number of rotatable bonds is 1. The number of nitrogens with zero attached hydrogens (tertiary/aromatic N) is 1. The molecule has 0 bridgehead atoms. The summed E-state index contributed by atoms with van der Waals surface area (Å²) in [6.45, 7) is 6.86. The Morgan fingerprint density at radius 3 is 2.69 bits per heavy atom. The smallest absolute Gasteiger partial charge is 0.135 e. The number of fused-ring (bicyclic) bond motifs is 6. The number of pyridine rings is 1. The Balaban J connectivity index is 1.73. The molecule has 4 heteroatoms. The van der Waals surface area contributed by atoms with Crippen LogP contribution in [0.4, 0.5) is 0 Å². The van der Waals surface area contributed by atoms with Gasteiger partial charge in [-0.1, -0.05) is 20.8 Å². The first-order chi connectivity index (χ1) is 14.0. The van der Waals surface area contributed by atoms with Crippen LogP contribution in [0.1, 0.15) is 26.3 Å². The molecule has 0 aliphatic heterocycles. The van der Waals surface area contributed by atoms with Gasteiger partial charge in [-0.2, -0.15) is 0 Å². The van der Waals surface area contributed by atoms with E-state index in [2.05, 4.69) is 68.6 Å². The van der Waals surface area contributed by atoms with Gasteiger partial charge in [0, 0.05) is 42.0 Å². The number of benzene rings is 2. The van der Waals surface area contributed by atoms with Gasteiger partial charge in [0.1, 0.15) is 5.58 Å². The van der Waals surface area contributed by atoms with Crippen molar-refractivity contribution in [2.24, 2.45) is 0 Å². The Kier molecular flexibility index (Phi) is 3.50. The van der Waals surface area contributed by atoms with Gasteiger partial charge >= 0.3 is 0 Å². The van der Waals surface area contributed by atoms with Crippen LogP contribution >= 0.6 is 22.7 Å². The highest BCUT2D eigenvalue weighted by Crippen LogP contribution is 2.44. The summed E-state index contributed by atoms with van der Waals surface area (Å²) in [5, 5.41) is 7.16. The molecule has 142 valence electrons. The van der Waals surface area contributed by atoms with Crippen molar-refractivity contribution in [1.29, 1.82) is 0 Å². The number of hydrogen-bond donors (Lipinski definition) is 0. The SMILES string of the molecule is CC(C)(C)c1cc(-c2nccc3sc4c5ccoc5ccc4c23)cc2ccsc12. The first-order valence-electron chi connectivity index (χ1n) is 9.70. The molecule has 6 rings (SSSR count). The fourth-order valence-electron chi connectivity index (χ4n) is 4.22. The van der Waals surface area contributed by atoms with Gasteiger partial charge in [-0.3, -0.25) is 4.98 Å².